The first-order chi connectivity index (χ1) is 11.8. The molecule has 25 heavy (non-hydrogen) atoms. The third-order valence-electron chi connectivity index (χ3n) is 3.68. The molecule has 0 unspecified atom stereocenters. The van der Waals surface area contributed by atoms with Gasteiger partial charge in [-0.2, -0.15) is 4.31 Å². The van der Waals surface area contributed by atoms with Gasteiger partial charge in [0.15, 0.2) is 0 Å². The predicted octanol–water partition coefficient (Wildman–Crippen LogP) is 2.53. The van der Waals surface area contributed by atoms with E-state index >= 15 is 0 Å². The van der Waals surface area contributed by atoms with Crippen molar-refractivity contribution in [1.82, 2.24) is 9.62 Å². The van der Waals surface area contributed by atoms with Gasteiger partial charge in [0.1, 0.15) is 5.75 Å². The minimum Gasteiger partial charge on any atom is -0.496 e. The number of carbonyl (C=O) groups excluding carboxylic acids is 1. The van der Waals surface area contributed by atoms with E-state index in [1.54, 1.807) is 18.2 Å². The number of benzene rings is 2. The first kappa shape index (κ1) is 19.2. The number of ether oxygens (including phenoxy) is 1. The zero-order valence-electron chi connectivity index (χ0n) is 14.1. The van der Waals surface area contributed by atoms with Crippen LogP contribution >= 0.6 is 11.6 Å². The second-order valence-electron chi connectivity index (χ2n) is 5.32. The van der Waals surface area contributed by atoms with Crippen LogP contribution in [0.2, 0.25) is 5.02 Å². The molecule has 134 valence electrons. The van der Waals surface area contributed by atoms with Gasteiger partial charge in [-0.1, -0.05) is 11.6 Å². The molecule has 0 spiro atoms. The van der Waals surface area contributed by atoms with E-state index in [1.807, 2.05) is 0 Å². The van der Waals surface area contributed by atoms with E-state index in [4.69, 9.17) is 16.3 Å². The molecule has 2 rings (SSSR count). The summed E-state index contributed by atoms with van der Waals surface area (Å²) in [6, 6.07) is 10.8. The number of carbonyl (C=O) groups is 1. The van der Waals surface area contributed by atoms with Gasteiger partial charge < -0.3 is 10.1 Å². The molecule has 0 radical (unpaired) electrons. The van der Waals surface area contributed by atoms with Gasteiger partial charge in [-0.05, 0) is 42.5 Å². The second kappa shape index (κ2) is 7.86. The number of sulfonamides is 1. The zero-order chi connectivity index (χ0) is 18.6. The SMILES string of the molecule is CNC(=O)c1ccc(OC)c(CN(C)S(=O)(=O)c2ccc(Cl)cc2)c1. The highest BCUT2D eigenvalue weighted by Crippen LogP contribution is 2.24. The molecule has 0 heterocycles. The molecule has 0 aliphatic carbocycles. The summed E-state index contributed by atoms with van der Waals surface area (Å²) in [6.45, 7) is 0.0545. The molecule has 0 saturated carbocycles. The zero-order valence-corrected chi connectivity index (χ0v) is 15.7. The lowest BCUT2D eigenvalue weighted by atomic mass is 10.1. The molecular formula is C17H19ClN2O4S. The second-order valence-corrected chi connectivity index (χ2v) is 7.80. The molecule has 0 bridgehead atoms. The summed E-state index contributed by atoms with van der Waals surface area (Å²) in [7, 11) is 0.792. The van der Waals surface area contributed by atoms with Crippen molar-refractivity contribution in [2.75, 3.05) is 21.2 Å². The normalized spacial score (nSPS) is 11.4. The van der Waals surface area contributed by atoms with Gasteiger partial charge >= 0.3 is 0 Å². The first-order valence-electron chi connectivity index (χ1n) is 7.40. The van der Waals surface area contributed by atoms with E-state index in [0.717, 1.165) is 0 Å². The quantitative estimate of drug-likeness (QED) is 0.833. The fourth-order valence-corrected chi connectivity index (χ4v) is 3.57. The summed E-state index contributed by atoms with van der Waals surface area (Å²) in [4.78, 5) is 11.9. The van der Waals surface area contributed by atoms with Crippen molar-refractivity contribution in [1.29, 1.82) is 0 Å². The Hall–Kier alpha value is -2.09. The summed E-state index contributed by atoms with van der Waals surface area (Å²) in [6.07, 6.45) is 0. The summed E-state index contributed by atoms with van der Waals surface area (Å²) < 4.78 is 31.8. The fourth-order valence-electron chi connectivity index (χ4n) is 2.30. The largest absolute Gasteiger partial charge is 0.496 e. The van der Waals surface area contributed by atoms with Crippen LogP contribution in [0.3, 0.4) is 0 Å². The Kier molecular flexibility index (Phi) is 6.05. The van der Waals surface area contributed by atoms with Gasteiger partial charge in [0.25, 0.3) is 5.91 Å². The van der Waals surface area contributed by atoms with Crippen LogP contribution in [0, 0.1) is 0 Å². The fraction of sp³-hybridized carbons (Fsp3) is 0.235. The Balaban J connectivity index is 2.34. The molecule has 0 atom stereocenters. The minimum absolute atomic E-state index is 0.0545. The lowest BCUT2D eigenvalue weighted by Crippen LogP contribution is -2.27. The van der Waals surface area contributed by atoms with Crippen LogP contribution in [0.4, 0.5) is 0 Å². The van der Waals surface area contributed by atoms with Crippen molar-refractivity contribution >= 4 is 27.5 Å². The molecule has 2 aromatic rings. The third kappa shape index (κ3) is 4.31. The van der Waals surface area contributed by atoms with Crippen LogP contribution in [0.15, 0.2) is 47.4 Å². The van der Waals surface area contributed by atoms with Crippen molar-refractivity contribution in [2.45, 2.75) is 11.4 Å². The van der Waals surface area contributed by atoms with E-state index < -0.39 is 10.0 Å². The Bertz CT molecular complexity index is 867. The first-order valence-corrected chi connectivity index (χ1v) is 9.22. The van der Waals surface area contributed by atoms with E-state index in [-0.39, 0.29) is 17.3 Å². The number of nitrogens with zero attached hydrogens (tertiary/aromatic N) is 1. The average Bonchev–Trinajstić information content (AvgIpc) is 2.61. The number of amides is 1. The number of methoxy groups -OCH3 is 1. The summed E-state index contributed by atoms with van der Waals surface area (Å²) in [5.41, 5.74) is 1.01. The predicted molar refractivity (Wildman–Crippen MR) is 96.5 cm³/mol. The number of hydrogen-bond acceptors (Lipinski definition) is 4. The third-order valence-corrected chi connectivity index (χ3v) is 5.75. The lowest BCUT2D eigenvalue weighted by molar-refractivity contribution is 0.0963. The highest BCUT2D eigenvalue weighted by Gasteiger charge is 2.22. The maximum absolute atomic E-state index is 12.7. The molecule has 0 aliphatic heterocycles. The molecule has 1 amide bonds. The van der Waals surface area contributed by atoms with Crippen molar-refractivity contribution in [3.63, 3.8) is 0 Å². The number of halogens is 1. The molecule has 0 saturated heterocycles. The molecule has 2 aromatic carbocycles. The van der Waals surface area contributed by atoms with Crippen LogP contribution in [-0.4, -0.2) is 39.8 Å². The van der Waals surface area contributed by atoms with Gasteiger partial charge in [0, 0.05) is 36.8 Å². The van der Waals surface area contributed by atoms with Crippen LogP contribution in [0.25, 0.3) is 0 Å². The Morgan fingerprint density at radius 2 is 1.84 bits per heavy atom. The Morgan fingerprint density at radius 3 is 2.40 bits per heavy atom. The summed E-state index contributed by atoms with van der Waals surface area (Å²) in [5.74, 6) is 0.248. The minimum atomic E-state index is -3.70. The maximum Gasteiger partial charge on any atom is 0.251 e. The highest BCUT2D eigenvalue weighted by molar-refractivity contribution is 7.89. The van der Waals surface area contributed by atoms with E-state index in [0.29, 0.717) is 21.9 Å². The topological polar surface area (TPSA) is 75.7 Å². The van der Waals surface area contributed by atoms with Gasteiger partial charge in [-0.25, -0.2) is 8.42 Å². The molecule has 0 aliphatic rings. The number of rotatable bonds is 6. The van der Waals surface area contributed by atoms with E-state index in [9.17, 15) is 13.2 Å². The maximum atomic E-state index is 12.7. The molecule has 1 N–H and O–H groups in total. The lowest BCUT2D eigenvalue weighted by Gasteiger charge is -2.19. The van der Waals surface area contributed by atoms with Crippen molar-refractivity contribution in [2.24, 2.45) is 0 Å². The standard InChI is InChI=1S/C17H19ClN2O4S/c1-19-17(21)12-4-9-16(24-3)13(10-12)11-20(2)25(22,23)15-7-5-14(18)6-8-15/h4-10H,11H2,1-3H3,(H,19,21). The number of hydrogen-bond donors (Lipinski definition) is 1. The molecule has 8 heteroatoms. The summed E-state index contributed by atoms with van der Waals surface area (Å²) >= 11 is 5.81. The van der Waals surface area contributed by atoms with Gasteiger partial charge in [-0.15, -0.1) is 0 Å². The van der Waals surface area contributed by atoms with Crippen molar-refractivity contribution in [3.8, 4) is 5.75 Å². The molecule has 6 nitrogen and oxygen atoms in total. The molecule has 0 aromatic heterocycles. The number of nitrogens with one attached hydrogen (secondary N) is 1. The van der Waals surface area contributed by atoms with Gasteiger partial charge in [0.2, 0.25) is 10.0 Å². The van der Waals surface area contributed by atoms with Crippen LogP contribution in [0.5, 0.6) is 5.75 Å². The molecule has 0 fully saturated rings. The average molecular weight is 383 g/mol. The Labute approximate surface area is 152 Å². The Morgan fingerprint density at radius 1 is 1.20 bits per heavy atom. The monoisotopic (exact) mass is 382 g/mol. The van der Waals surface area contributed by atoms with Crippen LogP contribution in [-0.2, 0) is 16.6 Å². The van der Waals surface area contributed by atoms with Crippen LogP contribution in [0.1, 0.15) is 15.9 Å². The van der Waals surface area contributed by atoms with Gasteiger partial charge in [0.05, 0.1) is 12.0 Å². The summed E-state index contributed by atoms with van der Waals surface area (Å²) in [5, 5.41) is 3.00. The van der Waals surface area contributed by atoms with Crippen molar-refractivity contribution < 1.29 is 17.9 Å². The molecular weight excluding hydrogens is 364 g/mol. The van der Waals surface area contributed by atoms with Gasteiger partial charge in [-0.3, -0.25) is 4.79 Å². The van der Waals surface area contributed by atoms with Crippen molar-refractivity contribution in [3.05, 3.63) is 58.6 Å². The van der Waals surface area contributed by atoms with Crippen LogP contribution < -0.4 is 10.1 Å². The van der Waals surface area contributed by atoms with E-state index in [2.05, 4.69) is 5.32 Å². The van der Waals surface area contributed by atoms with E-state index in [1.165, 1.54) is 49.8 Å². The highest BCUT2D eigenvalue weighted by atomic mass is 35.5. The smallest absolute Gasteiger partial charge is 0.251 e.